The molecular weight excluding hydrogens is 354 g/mol. The molecule has 7 nitrogen and oxygen atoms in total. The number of non-ortho nitro benzene ring substituents is 1. The molecule has 7 heteroatoms. The van der Waals surface area contributed by atoms with E-state index in [0.717, 1.165) is 22.6 Å². The highest BCUT2D eigenvalue weighted by Crippen LogP contribution is 2.22. The smallest absolute Gasteiger partial charge is 0.269 e. The molecular formula is C21H23N5O2. The fraction of sp³-hybridized carbons (Fsp3) is 0.143. The molecule has 0 saturated heterocycles. The van der Waals surface area contributed by atoms with Crippen molar-refractivity contribution in [3.05, 3.63) is 87.5 Å². The first-order valence-corrected chi connectivity index (χ1v) is 8.88. The Morgan fingerprint density at radius 3 is 1.86 bits per heavy atom. The van der Waals surface area contributed by atoms with Crippen LogP contribution in [0, 0.1) is 17.0 Å². The first-order valence-electron chi connectivity index (χ1n) is 8.88. The third-order valence-corrected chi connectivity index (χ3v) is 4.49. The van der Waals surface area contributed by atoms with E-state index in [9.17, 15) is 10.1 Å². The van der Waals surface area contributed by atoms with E-state index in [4.69, 9.17) is 11.5 Å². The molecule has 0 aromatic heterocycles. The Morgan fingerprint density at radius 2 is 1.32 bits per heavy atom. The van der Waals surface area contributed by atoms with Crippen molar-refractivity contribution in [2.24, 2.45) is 0 Å². The minimum Gasteiger partial charge on any atom is -0.398 e. The van der Waals surface area contributed by atoms with E-state index in [0.29, 0.717) is 24.3 Å². The van der Waals surface area contributed by atoms with Crippen molar-refractivity contribution in [1.29, 1.82) is 0 Å². The van der Waals surface area contributed by atoms with Gasteiger partial charge in [-0.15, -0.1) is 0 Å². The second-order valence-electron chi connectivity index (χ2n) is 6.63. The summed E-state index contributed by atoms with van der Waals surface area (Å²) in [6.07, 6.45) is 0. The zero-order chi connectivity index (χ0) is 20.1. The van der Waals surface area contributed by atoms with Crippen LogP contribution in [0.3, 0.4) is 0 Å². The van der Waals surface area contributed by atoms with E-state index < -0.39 is 4.92 Å². The lowest BCUT2D eigenvalue weighted by Crippen LogP contribution is -2.05. The molecule has 144 valence electrons. The molecule has 28 heavy (non-hydrogen) atoms. The van der Waals surface area contributed by atoms with Crippen molar-refractivity contribution in [1.82, 2.24) is 0 Å². The van der Waals surface area contributed by atoms with Crippen LogP contribution in [-0.2, 0) is 13.1 Å². The molecule has 0 atom stereocenters. The lowest BCUT2D eigenvalue weighted by Gasteiger charge is -2.12. The van der Waals surface area contributed by atoms with Gasteiger partial charge in [-0.1, -0.05) is 17.7 Å². The van der Waals surface area contributed by atoms with Crippen LogP contribution in [-0.4, -0.2) is 4.92 Å². The first-order chi connectivity index (χ1) is 13.4. The van der Waals surface area contributed by atoms with Crippen LogP contribution in [0.5, 0.6) is 0 Å². The minimum absolute atomic E-state index is 0.0287. The van der Waals surface area contributed by atoms with Gasteiger partial charge in [-0.25, -0.2) is 0 Å². The summed E-state index contributed by atoms with van der Waals surface area (Å²) in [7, 11) is 0. The molecule has 0 unspecified atom stereocenters. The number of hydrogen-bond donors (Lipinski definition) is 4. The molecule has 0 aliphatic heterocycles. The number of hydrogen-bond acceptors (Lipinski definition) is 6. The maximum atomic E-state index is 10.9. The van der Waals surface area contributed by atoms with E-state index in [-0.39, 0.29) is 5.69 Å². The highest BCUT2D eigenvalue weighted by molar-refractivity contribution is 5.58. The maximum absolute atomic E-state index is 10.9. The molecule has 0 radical (unpaired) electrons. The van der Waals surface area contributed by atoms with Gasteiger partial charge in [0.05, 0.1) is 4.92 Å². The number of nitrogen functional groups attached to an aromatic ring is 2. The average Bonchev–Trinajstić information content (AvgIpc) is 2.68. The van der Waals surface area contributed by atoms with Gasteiger partial charge in [0.25, 0.3) is 5.69 Å². The van der Waals surface area contributed by atoms with Crippen LogP contribution in [0.1, 0.15) is 16.7 Å². The van der Waals surface area contributed by atoms with E-state index in [1.54, 1.807) is 6.07 Å². The Morgan fingerprint density at radius 1 is 0.821 bits per heavy atom. The van der Waals surface area contributed by atoms with Crippen LogP contribution in [0.25, 0.3) is 0 Å². The normalized spacial score (nSPS) is 10.5. The van der Waals surface area contributed by atoms with Crippen LogP contribution >= 0.6 is 0 Å². The van der Waals surface area contributed by atoms with Gasteiger partial charge in [0.1, 0.15) is 0 Å². The number of nitrogens with two attached hydrogens (primary N) is 2. The highest BCUT2D eigenvalue weighted by atomic mass is 16.6. The number of aryl methyl sites for hydroxylation is 1. The van der Waals surface area contributed by atoms with Gasteiger partial charge < -0.3 is 22.1 Å². The Kier molecular flexibility index (Phi) is 5.64. The molecule has 0 saturated carbocycles. The second kappa shape index (κ2) is 8.30. The van der Waals surface area contributed by atoms with Crippen molar-refractivity contribution in [2.75, 3.05) is 22.1 Å². The molecule has 6 N–H and O–H groups in total. The molecule has 0 aliphatic rings. The Bertz CT molecular complexity index is 987. The molecule has 0 heterocycles. The SMILES string of the molecule is Cc1ccc(N)c(CNc2ccc(NCc3cc([N+](=O)[O-])ccc3N)cc2)c1. The number of rotatable bonds is 7. The molecule has 0 aliphatic carbocycles. The molecule has 3 aromatic rings. The van der Waals surface area contributed by atoms with E-state index in [1.807, 2.05) is 43.3 Å². The standard InChI is InChI=1S/C21H23N5O2/c1-14-2-8-20(22)15(10-14)12-24-17-3-5-18(6-4-17)25-13-16-11-19(26(27)28)7-9-21(16)23/h2-11,24-25H,12-13,22-23H2,1H3. The van der Waals surface area contributed by atoms with Crippen LogP contribution < -0.4 is 22.1 Å². The minimum atomic E-state index is -0.426. The number of nitro groups is 1. The first kappa shape index (κ1) is 19.0. The van der Waals surface area contributed by atoms with Gasteiger partial charge in [-0.2, -0.15) is 0 Å². The zero-order valence-corrected chi connectivity index (χ0v) is 15.6. The molecule has 0 amide bonds. The predicted octanol–water partition coefficient (Wildman–Crippen LogP) is 4.29. The fourth-order valence-corrected chi connectivity index (χ4v) is 2.85. The summed E-state index contributed by atoms with van der Waals surface area (Å²) < 4.78 is 0. The third kappa shape index (κ3) is 4.70. The van der Waals surface area contributed by atoms with Crippen LogP contribution in [0.15, 0.2) is 60.7 Å². The third-order valence-electron chi connectivity index (χ3n) is 4.49. The number of nitro benzene ring substituents is 1. The average molecular weight is 377 g/mol. The van der Waals surface area contributed by atoms with Gasteiger partial charge in [0, 0.05) is 53.5 Å². The zero-order valence-electron chi connectivity index (χ0n) is 15.6. The Balaban J connectivity index is 1.60. The van der Waals surface area contributed by atoms with E-state index in [1.165, 1.54) is 17.7 Å². The summed E-state index contributed by atoms with van der Waals surface area (Å²) in [5.41, 5.74) is 18.0. The quantitative estimate of drug-likeness (QED) is 0.277. The monoisotopic (exact) mass is 377 g/mol. The van der Waals surface area contributed by atoms with Crippen LogP contribution in [0.4, 0.5) is 28.4 Å². The second-order valence-corrected chi connectivity index (χ2v) is 6.63. The number of nitrogens with zero attached hydrogens (tertiary/aromatic N) is 1. The Hall–Kier alpha value is -3.74. The summed E-state index contributed by atoms with van der Waals surface area (Å²) in [6.45, 7) is 3.09. The van der Waals surface area contributed by atoms with Gasteiger partial charge in [-0.05, 0) is 48.9 Å². The molecule has 3 aromatic carbocycles. The van der Waals surface area contributed by atoms with Crippen molar-refractivity contribution >= 4 is 28.4 Å². The predicted molar refractivity (Wildman–Crippen MR) is 114 cm³/mol. The topological polar surface area (TPSA) is 119 Å². The Labute approximate surface area is 163 Å². The van der Waals surface area contributed by atoms with Crippen molar-refractivity contribution in [3.8, 4) is 0 Å². The number of anilines is 4. The molecule has 0 bridgehead atoms. The van der Waals surface area contributed by atoms with E-state index >= 15 is 0 Å². The summed E-state index contributed by atoms with van der Waals surface area (Å²) in [6, 6.07) is 18.2. The molecule has 3 rings (SSSR count). The lowest BCUT2D eigenvalue weighted by molar-refractivity contribution is -0.384. The van der Waals surface area contributed by atoms with Gasteiger partial charge in [0.15, 0.2) is 0 Å². The lowest BCUT2D eigenvalue weighted by atomic mass is 10.1. The maximum Gasteiger partial charge on any atom is 0.269 e. The summed E-state index contributed by atoms with van der Waals surface area (Å²) in [5.74, 6) is 0. The van der Waals surface area contributed by atoms with Crippen molar-refractivity contribution in [2.45, 2.75) is 20.0 Å². The largest absolute Gasteiger partial charge is 0.398 e. The molecule has 0 fully saturated rings. The number of benzene rings is 3. The summed E-state index contributed by atoms with van der Waals surface area (Å²) in [4.78, 5) is 10.5. The van der Waals surface area contributed by atoms with Gasteiger partial charge >= 0.3 is 0 Å². The number of nitrogens with one attached hydrogen (secondary N) is 2. The van der Waals surface area contributed by atoms with Crippen molar-refractivity contribution in [3.63, 3.8) is 0 Å². The van der Waals surface area contributed by atoms with E-state index in [2.05, 4.69) is 16.7 Å². The highest BCUT2D eigenvalue weighted by Gasteiger charge is 2.09. The summed E-state index contributed by atoms with van der Waals surface area (Å²) >= 11 is 0. The van der Waals surface area contributed by atoms with Gasteiger partial charge in [-0.3, -0.25) is 10.1 Å². The van der Waals surface area contributed by atoms with Crippen LogP contribution in [0.2, 0.25) is 0 Å². The van der Waals surface area contributed by atoms with Gasteiger partial charge in [0.2, 0.25) is 0 Å². The fourth-order valence-electron chi connectivity index (χ4n) is 2.85. The van der Waals surface area contributed by atoms with Crippen molar-refractivity contribution < 1.29 is 4.92 Å². The molecule has 0 spiro atoms. The summed E-state index contributed by atoms with van der Waals surface area (Å²) in [5, 5.41) is 17.5.